The summed E-state index contributed by atoms with van der Waals surface area (Å²) in [6.45, 7) is 14.6. The maximum absolute atomic E-state index is 12.3. The molecule has 0 aromatic heterocycles. The third-order valence-electron chi connectivity index (χ3n) is 5.13. The van der Waals surface area contributed by atoms with Gasteiger partial charge in [0.15, 0.2) is 0 Å². The topological polar surface area (TPSA) is 23.6 Å². The van der Waals surface area contributed by atoms with E-state index in [1.165, 1.54) is 6.42 Å². The van der Waals surface area contributed by atoms with E-state index in [1.54, 1.807) is 0 Å². The van der Waals surface area contributed by atoms with Crippen LogP contribution in [0.4, 0.5) is 0 Å². The van der Waals surface area contributed by atoms with Gasteiger partial charge in [-0.15, -0.1) is 0 Å². The predicted octanol–water partition coefficient (Wildman–Crippen LogP) is 2.26. The van der Waals surface area contributed by atoms with E-state index in [9.17, 15) is 4.79 Å². The zero-order valence-corrected chi connectivity index (χ0v) is 13.1. The van der Waals surface area contributed by atoms with Crippen molar-refractivity contribution in [3.63, 3.8) is 0 Å². The van der Waals surface area contributed by atoms with Crippen molar-refractivity contribution in [2.75, 3.05) is 32.7 Å². The molecule has 2 aliphatic rings. The van der Waals surface area contributed by atoms with Crippen LogP contribution in [0.2, 0.25) is 0 Å². The Bertz CT molecular complexity index is 318. The molecule has 1 saturated heterocycles. The molecule has 0 spiro atoms. The maximum atomic E-state index is 12.3. The quantitative estimate of drug-likeness (QED) is 0.783. The smallest absolute Gasteiger partial charge is 0.137 e. The largest absolute Gasteiger partial charge is 0.300 e. The van der Waals surface area contributed by atoms with Crippen LogP contribution >= 0.6 is 0 Å². The Morgan fingerprint density at radius 3 is 2.53 bits per heavy atom. The molecule has 2 rings (SSSR count). The number of carbonyl (C=O) groups excluding carboxylic acids is 1. The van der Waals surface area contributed by atoms with Gasteiger partial charge in [0.1, 0.15) is 5.78 Å². The average Bonchev–Trinajstić information content (AvgIpc) is 2.34. The summed E-state index contributed by atoms with van der Waals surface area (Å²) in [5.41, 5.74) is 0. The van der Waals surface area contributed by atoms with Gasteiger partial charge in [0.25, 0.3) is 0 Å². The number of likely N-dealkylation sites (N-methyl/N-ethyl adjacent to an activating group) is 1. The second kappa shape index (κ2) is 6.36. The van der Waals surface area contributed by atoms with Crippen molar-refractivity contribution in [3.8, 4) is 0 Å². The minimum absolute atomic E-state index is 0.288. The number of nitrogens with zero attached hydrogens (tertiary/aromatic N) is 2. The van der Waals surface area contributed by atoms with Gasteiger partial charge >= 0.3 is 0 Å². The fourth-order valence-electron chi connectivity index (χ4n) is 3.96. The third-order valence-corrected chi connectivity index (χ3v) is 5.13. The van der Waals surface area contributed by atoms with E-state index in [-0.39, 0.29) is 5.92 Å². The molecule has 1 saturated carbocycles. The first-order valence-corrected chi connectivity index (χ1v) is 8.00. The fraction of sp³-hybridized carbons (Fsp3) is 0.938. The van der Waals surface area contributed by atoms with Crippen molar-refractivity contribution < 1.29 is 4.79 Å². The Hall–Kier alpha value is -0.410. The lowest BCUT2D eigenvalue weighted by Crippen LogP contribution is -2.53. The summed E-state index contributed by atoms with van der Waals surface area (Å²) in [5, 5.41) is 0. The van der Waals surface area contributed by atoms with Crippen molar-refractivity contribution in [1.82, 2.24) is 9.80 Å². The van der Waals surface area contributed by atoms with Crippen LogP contribution < -0.4 is 0 Å². The monoisotopic (exact) mass is 266 g/mol. The van der Waals surface area contributed by atoms with Crippen molar-refractivity contribution in [2.45, 2.75) is 46.6 Å². The molecule has 1 aliphatic heterocycles. The number of hydrogen-bond acceptors (Lipinski definition) is 3. The molecule has 0 aromatic rings. The molecule has 4 unspecified atom stereocenters. The molecule has 0 aromatic carbocycles. The fourth-order valence-corrected chi connectivity index (χ4v) is 3.96. The zero-order chi connectivity index (χ0) is 14.0. The Balaban J connectivity index is 1.89. The van der Waals surface area contributed by atoms with Gasteiger partial charge in [-0.1, -0.05) is 20.8 Å². The molecule has 3 nitrogen and oxygen atoms in total. The number of hydrogen-bond donors (Lipinski definition) is 0. The molecule has 0 bridgehead atoms. The molecule has 2 fully saturated rings. The molecule has 4 atom stereocenters. The van der Waals surface area contributed by atoms with E-state index in [2.05, 4.69) is 37.5 Å². The molecular weight excluding hydrogens is 236 g/mol. The van der Waals surface area contributed by atoms with Crippen LogP contribution in [0.5, 0.6) is 0 Å². The van der Waals surface area contributed by atoms with E-state index in [1.807, 2.05) is 0 Å². The lowest BCUT2D eigenvalue weighted by atomic mass is 9.74. The van der Waals surface area contributed by atoms with Crippen LogP contribution in [-0.2, 0) is 4.79 Å². The molecule has 1 heterocycles. The number of rotatable bonds is 3. The summed E-state index contributed by atoms with van der Waals surface area (Å²) in [6.07, 6.45) is 2.03. The number of Topliss-reactive ketones (excluding diaryl/α,β-unsaturated/α-hetero) is 1. The number of piperazine rings is 1. The first-order valence-electron chi connectivity index (χ1n) is 8.00. The van der Waals surface area contributed by atoms with Crippen LogP contribution in [-0.4, -0.2) is 54.3 Å². The molecule has 0 N–H and O–H groups in total. The SMILES string of the molecule is CCN1CCN(CC2C(=O)CC(C)CC2C)CC1C. The highest BCUT2D eigenvalue weighted by molar-refractivity contribution is 5.82. The molecular formula is C16H30N2O. The molecule has 0 radical (unpaired) electrons. The van der Waals surface area contributed by atoms with Gasteiger partial charge < -0.3 is 0 Å². The van der Waals surface area contributed by atoms with Crippen LogP contribution in [0.15, 0.2) is 0 Å². The lowest BCUT2D eigenvalue weighted by molar-refractivity contribution is -0.129. The minimum atomic E-state index is 0.288. The minimum Gasteiger partial charge on any atom is -0.300 e. The van der Waals surface area contributed by atoms with Gasteiger partial charge in [0.05, 0.1) is 0 Å². The Morgan fingerprint density at radius 2 is 1.95 bits per heavy atom. The van der Waals surface area contributed by atoms with Gasteiger partial charge in [-0.2, -0.15) is 0 Å². The third kappa shape index (κ3) is 3.57. The van der Waals surface area contributed by atoms with Crippen LogP contribution in [0.25, 0.3) is 0 Å². The van der Waals surface area contributed by atoms with Crippen LogP contribution in [0, 0.1) is 17.8 Å². The predicted molar refractivity (Wildman–Crippen MR) is 79.2 cm³/mol. The zero-order valence-electron chi connectivity index (χ0n) is 13.1. The Labute approximate surface area is 118 Å². The summed E-state index contributed by atoms with van der Waals surface area (Å²) in [7, 11) is 0. The summed E-state index contributed by atoms with van der Waals surface area (Å²) in [4.78, 5) is 17.3. The van der Waals surface area contributed by atoms with Crippen molar-refractivity contribution >= 4 is 5.78 Å². The maximum Gasteiger partial charge on any atom is 0.137 e. The van der Waals surface area contributed by atoms with E-state index in [0.717, 1.165) is 39.1 Å². The van der Waals surface area contributed by atoms with Crippen molar-refractivity contribution in [1.29, 1.82) is 0 Å². The van der Waals surface area contributed by atoms with E-state index >= 15 is 0 Å². The summed E-state index contributed by atoms with van der Waals surface area (Å²) in [6, 6.07) is 0.631. The first-order chi connectivity index (χ1) is 9.01. The Morgan fingerprint density at radius 1 is 1.21 bits per heavy atom. The normalized spacial score (nSPS) is 38.6. The van der Waals surface area contributed by atoms with Crippen molar-refractivity contribution in [3.05, 3.63) is 0 Å². The highest BCUT2D eigenvalue weighted by atomic mass is 16.1. The van der Waals surface area contributed by atoms with Gasteiger partial charge in [0, 0.05) is 44.6 Å². The van der Waals surface area contributed by atoms with E-state index < -0.39 is 0 Å². The van der Waals surface area contributed by atoms with Gasteiger partial charge in [-0.3, -0.25) is 14.6 Å². The lowest BCUT2D eigenvalue weighted by Gasteiger charge is -2.42. The second-order valence-electron chi connectivity index (χ2n) is 6.83. The first kappa shape index (κ1) is 15.0. The summed E-state index contributed by atoms with van der Waals surface area (Å²) >= 11 is 0. The molecule has 19 heavy (non-hydrogen) atoms. The second-order valence-corrected chi connectivity index (χ2v) is 6.83. The molecule has 3 heteroatoms. The van der Waals surface area contributed by atoms with E-state index in [4.69, 9.17) is 0 Å². The molecule has 0 amide bonds. The van der Waals surface area contributed by atoms with Gasteiger partial charge in [-0.05, 0) is 31.7 Å². The van der Waals surface area contributed by atoms with Crippen LogP contribution in [0.3, 0.4) is 0 Å². The van der Waals surface area contributed by atoms with Gasteiger partial charge in [0.2, 0.25) is 0 Å². The number of carbonyl (C=O) groups is 1. The average molecular weight is 266 g/mol. The highest BCUT2D eigenvalue weighted by Crippen LogP contribution is 2.31. The standard InChI is InChI=1S/C16H30N2O/c1-5-18-7-6-17(10-14(18)4)11-15-13(3)8-12(2)9-16(15)19/h12-15H,5-11H2,1-4H3. The van der Waals surface area contributed by atoms with Crippen molar-refractivity contribution in [2.24, 2.45) is 17.8 Å². The summed E-state index contributed by atoms with van der Waals surface area (Å²) < 4.78 is 0. The van der Waals surface area contributed by atoms with E-state index in [0.29, 0.717) is 23.7 Å². The van der Waals surface area contributed by atoms with Crippen LogP contribution in [0.1, 0.15) is 40.5 Å². The highest BCUT2D eigenvalue weighted by Gasteiger charge is 2.34. The molecule has 1 aliphatic carbocycles. The summed E-state index contributed by atoms with van der Waals surface area (Å²) in [5.74, 6) is 1.96. The molecule has 110 valence electrons. The van der Waals surface area contributed by atoms with Gasteiger partial charge in [-0.25, -0.2) is 0 Å². The number of ketones is 1. The Kier molecular flexibility index (Phi) is 5.02.